The second-order valence-electron chi connectivity index (χ2n) is 5.55. The molecule has 5 nitrogen and oxygen atoms in total. The Bertz CT molecular complexity index is 338. The van der Waals surface area contributed by atoms with Gasteiger partial charge in [0.15, 0.2) is 9.84 Å². The van der Waals surface area contributed by atoms with E-state index >= 15 is 0 Å². The van der Waals surface area contributed by atoms with Crippen molar-refractivity contribution >= 4 is 9.84 Å². The highest BCUT2D eigenvalue weighted by Gasteiger charge is 2.14. The molecule has 0 saturated carbocycles. The van der Waals surface area contributed by atoms with Crippen LogP contribution in [0.1, 0.15) is 20.3 Å². The molecular formula is C13H29N3O2S. The number of rotatable bonds is 8. The predicted octanol–water partition coefficient (Wildman–Crippen LogP) is 0.0367. The molecule has 0 radical (unpaired) electrons. The van der Waals surface area contributed by atoms with Gasteiger partial charge in [-0.25, -0.2) is 8.42 Å². The van der Waals surface area contributed by atoms with Crippen molar-refractivity contribution in [2.75, 3.05) is 57.8 Å². The lowest BCUT2D eigenvalue weighted by Crippen LogP contribution is -2.45. The van der Waals surface area contributed by atoms with E-state index in [1.165, 1.54) is 0 Å². The molecular weight excluding hydrogens is 262 g/mol. The van der Waals surface area contributed by atoms with Gasteiger partial charge in [-0.3, -0.25) is 0 Å². The van der Waals surface area contributed by atoms with Crippen LogP contribution in [0.25, 0.3) is 0 Å². The lowest BCUT2D eigenvalue weighted by Gasteiger charge is -2.32. The molecule has 1 fully saturated rings. The highest BCUT2D eigenvalue weighted by molar-refractivity contribution is 7.91. The Kier molecular flexibility index (Phi) is 7.28. The Balaban J connectivity index is 2.07. The minimum Gasteiger partial charge on any atom is -0.313 e. The average molecular weight is 291 g/mol. The second-order valence-corrected chi connectivity index (χ2v) is 7.95. The van der Waals surface area contributed by atoms with Gasteiger partial charge < -0.3 is 15.1 Å². The first-order valence-electron chi connectivity index (χ1n) is 7.27. The Hall–Kier alpha value is -0.170. The van der Waals surface area contributed by atoms with Crippen LogP contribution < -0.4 is 5.32 Å². The van der Waals surface area contributed by atoms with Crippen molar-refractivity contribution in [3.05, 3.63) is 0 Å². The van der Waals surface area contributed by atoms with Gasteiger partial charge in [-0.15, -0.1) is 0 Å². The zero-order valence-corrected chi connectivity index (χ0v) is 13.4. The summed E-state index contributed by atoms with van der Waals surface area (Å²) in [6, 6.07) is 0.0532. The van der Waals surface area contributed by atoms with Crippen LogP contribution in [-0.2, 0) is 9.84 Å². The number of hydrogen-bond donors (Lipinski definition) is 1. The van der Waals surface area contributed by atoms with Crippen LogP contribution >= 0.6 is 0 Å². The molecule has 1 N–H and O–H groups in total. The van der Waals surface area contributed by atoms with Crippen molar-refractivity contribution in [1.29, 1.82) is 0 Å². The number of nitrogens with one attached hydrogen (secondary N) is 1. The number of hydrogen-bond acceptors (Lipinski definition) is 5. The van der Waals surface area contributed by atoms with E-state index in [4.69, 9.17) is 0 Å². The van der Waals surface area contributed by atoms with Gasteiger partial charge in [-0.1, -0.05) is 6.92 Å². The zero-order chi connectivity index (χ0) is 14.3. The fourth-order valence-corrected chi connectivity index (χ4v) is 3.40. The van der Waals surface area contributed by atoms with Gasteiger partial charge in [-0.2, -0.15) is 0 Å². The highest BCUT2D eigenvalue weighted by Crippen LogP contribution is 2.00. The summed E-state index contributed by atoms with van der Waals surface area (Å²) in [5.41, 5.74) is 0. The normalized spacial score (nSPS) is 20.6. The summed E-state index contributed by atoms with van der Waals surface area (Å²) in [6.45, 7) is 10.3. The molecule has 6 heteroatoms. The lowest BCUT2D eigenvalue weighted by atomic mass is 10.3. The van der Waals surface area contributed by atoms with E-state index in [0.717, 1.165) is 45.7 Å². The molecule has 114 valence electrons. The smallest absolute Gasteiger partial charge is 0.151 e. The monoisotopic (exact) mass is 291 g/mol. The van der Waals surface area contributed by atoms with E-state index in [1.807, 2.05) is 6.92 Å². The van der Waals surface area contributed by atoms with Gasteiger partial charge in [0.1, 0.15) is 0 Å². The molecule has 0 aromatic carbocycles. The van der Waals surface area contributed by atoms with E-state index in [1.54, 1.807) is 6.92 Å². The Morgan fingerprint density at radius 1 is 1.21 bits per heavy atom. The Morgan fingerprint density at radius 2 is 1.84 bits per heavy atom. The van der Waals surface area contributed by atoms with Gasteiger partial charge in [0.05, 0.1) is 5.75 Å². The van der Waals surface area contributed by atoms with Crippen LogP contribution in [0.5, 0.6) is 0 Å². The topological polar surface area (TPSA) is 52.7 Å². The summed E-state index contributed by atoms with van der Waals surface area (Å²) in [5, 5.41) is 3.31. The summed E-state index contributed by atoms with van der Waals surface area (Å²) < 4.78 is 22.9. The van der Waals surface area contributed by atoms with Crippen LogP contribution in [0.4, 0.5) is 0 Å². The van der Waals surface area contributed by atoms with Gasteiger partial charge in [-0.05, 0) is 33.5 Å². The summed E-state index contributed by atoms with van der Waals surface area (Å²) in [6.07, 6.45) is 1.08. The SMILES string of the molecule is CCS(=O)(=O)CC(C)NCCCN1CCN(C)CC1. The Labute approximate surface area is 118 Å². The summed E-state index contributed by atoms with van der Waals surface area (Å²) in [7, 11) is -0.699. The molecule has 1 saturated heterocycles. The minimum absolute atomic E-state index is 0.0532. The maximum absolute atomic E-state index is 11.5. The molecule has 1 aliphatic rings. The average Bonchev–Trinajstić information content (AvgIpc) is 2.36. The van der Waals surface area contributed by atoms with E-state index < -0.39 is 9.84 Å². The molecule has 0 bridgehead atoms. The number of likely N-dealkylation sites (N-methyl/N-ethyl adjacent to an activating group) is 1. The third-order valence-electron chi connectivity index (χ3n) is 3.68. The summed E-state index contributed by atoms with van der Waals surface area (Å²) >= 11 is 0. The maximum atomic E-state index is 11.5. The van der Waals surface area contributed by atoms with E-state index in [2.05, 4.69) is 22.2 Å². The van der Waals surface area contributed by atoms with Crippen molar-refractivity contribution in [2.45, 2.75) is 26.3 Å². The minimum atomic E-state index is -2.86. The maximum Gasteiger partial charge on any atom is 0.151 e. The Morgan fingerprint density at radius 3 is 2.42 bits per heavy atom. The molecule has 1 aliphatic heterocycles. The molecule has 0 spiro atoms. The third kappa shape index (κ3) is 7.25. The molecule has 19 heavy (non-hydrogen) atoms. The van der Waals surface area contributed by atoms with Crippen LogP contribution in [0.2, 0.25) is 0 Å². The van der Waals surface area contributed by atoms with Crippen molar-refractivity contribution in [3.8, 4) is 0 Å². The van der Waals surface area contributed by atoms with Crippen LogP contribution in [0.3, 0.4) is 0 Å². The van der Waals surface area contributed by atoms with Gasteiger partial charge >= 0.3 is 0 Å². The molecule has 0 aromatic heterocycles. The van der Waals surface area contributed by atoms with Crippen LogP contribution in [0.15, 0.2) is 0 Å². The number of nitrogens with zero attached hydrogens (tertiary/aromatic N) is 2. The van der Waals surface area contributed by atoms with Crippen LogP contribution in [-0.4, -0.2) is 82.1 Å². The number of piperazine rings is 1. The highest BCUT2D eigenvalue weighted by atomic mass is 32.2. The predicted molar refractivity (Wildman–Crippen MR) is 80.3 cm³/mol. The molecule has 0 aromatic rings. The van der Waals surface area contributed by atoms with E-state index in [9.17, 15) is 8.42 Å². The molecule has 1 rings (SSSR count). The molecule has 1 atom stereocenters. The van der Waals surface area contributed by atoms with Crippen molar-refractivity contribution in [2.24, 2.45) is 0 Å². The second kappa shape index (κ2) is 8.19. The van der Waals surface area contributed by atoms with E-state index in [0.29, 0.717) is 0 Å². The van der Waals surface area contributed by atoms with E-state index in [-0.39, 0.29) is 17.5 Å². The summed E-state index contributed by atoms with van der Waals surface area (Å²) in [5.74, 6) is 0.484. The molecule has 0 amide bonds. The molecule has 0 aliphatic carbocycles. The zero-order valence-electron chi connectivity index (χ0n) is 12.6. The fraction of sp³-hybridized carbons (Fsp3) is 1.00. The fourth-order valence-electron chi connectivity index (χ4n) is 2.28. The largest absolute Gasteiger partial charge is 0.313 e. The van der Waals surface area contributed by atoms with Crippen molar-refractivity contribution in [1.82, 2.24) is 15.1 Å². The first-order valence-corrected chi connectivity index (χ1v) is 9.10. The molecule has 1 unspecified atom stereocenters. The van der Waals surface area contributed by atoms with Crippen LogP contribution in [0, 0.1) is 0 Å². The quantitative estimate of drug-likeness (QED) is 0.640. The van der Waals surface area contributed by atoms with Crippen molar-refractivity contribution < 1.29 is 8.42 Å². The van der Waals surface area contributed by atoms with Gasteiger partial charge in [0.2, 0.25) is 0 Å². The summed E-state index contributed by atoms with van der Waals surface area (Å²) in [4.78, 5) is 4.83. The molecule has 1 heterocycles. The van der Waals surface area contributed by atoms with Gasteiger partial charge in [0, 0.05) is 38.0 Å². The first-order chi connectivity index (χ1) is 8.93. The third-order valence-corrected chi connectivity index (χ3v) is 5.57. The van der Waals surface area contributed by atoms with Crippen molar-refractivity contribution in [3.63, 3.8) is 0 Å². The first kappa shape index (κ1) is 16.9. The number of sulfone groups is 1. The van der Waals surface area contributed by atoms with Gasteiger partial charge in [0.25, 0.3) is 0 Å². The standard InChI is InChI=1S/C13H29N3O2S/c1-4-19(17,18)12-13(2)14-6-5-7-16-10-8-15(3)9-11-16/h13-14H,4-12H2,1-3H3. The lowest BCUT2D eigenvalue weighted by molar-refractivity contribution is 0.152.